The maximum atomic E-state index is 12.2. The van der Waals surface area contributed by atoms with Crippen molar-refractivity contribution in [2.45, 2.75) is 45.2 Å². The lowest BCUT2D eigenvalue weighted by Crippen LogP contribution is -2.40. The number of hydrogen-bond acceptors (Lipinski definition) is 3. The molecule has 0 bridgehead atoms. The summed E-state index contributed by atoms with van der Waals surface area (Å²) in [4.78, 5) is 16.6. The molecule has 4 heteroatoms. The number of nitrogens with zero attached hydrogens (tertiary/aromatic N) is 2. The molecule has 1 N–H and O–H groups in total. The molecule has 98 valence electrons. The summed E-state index contributed by atoms with van der Waals surface area (Å²) in [6, 6.07) is 0.625. The van der Waals surface area contributed by atoms with Gasteiger partial charge in [-0.3, -0.25) is 10.1 Å². The second-order valence-corrected chi connectivity index (χ2v) is 5.88. The number of hydrogen-bond donors (Lipinski definition) is 1. The minimum absolute atomic E-state index is 0.0571. The van der Waals surface area contributed by atoms with Crippen LogP contribution in [0.25, 0.3) is 0 Å². The van der Waals surface area contributed by atoms with Crippen molar-refractivity contribution in [3.05, 3.63) is 0 Å². The van der Waals surface area contributed by atoms with Crippen LogP contribution in [0.5, 0.6) is 0 Å². The van der Waals surface area contributed by atoms with Crippen molar-refractivity contribution >= 4 is 5.91 Å². The predicted octanol–water partition coefficient (Wildman–Crippen LogP) is 0.885. The van der Waals surface area contributed by atoms with E-state index >= 15 is 0 Å². The van der Waals surface area contributed by atoms with Gasteiger partial charge in [0.1, 0.15) is 0 Å². The Morgan fingerprint density at radius 2 is 2.24 bits per heavy atom. The summed E-state index contributed by atoms with van der Waals surface area (Å²) in [5.74, 6) is 0.879. The molecule has 2 atom stereocenters. The summed E-state index contributed by atoms with van der Waals surface area (Å²) in [6.45, 7) is 7.15. The SMILES string of the molecule is CC(C)CC1NCN(CC2CCCN2C)C1=O. The second kappa shape index (κ2) is 5.36. The highest BCUT2D eigenvalue weighted by molar-refractivity contribution is 5.83. The lowest BCUT2D eigenvalue weighted by molar-refractivity contribution is -0.129. The molecule has 0 aromatic rings. The van der Waals surface area contributed by atoms with Gasteiger partial charge in [0.25, 0.3) is 0 Å². The molecule has 2 unspecified atom stereocenters. The molecule has 2 heterocycles. The first kappa shape index (κ1) is 12.8. The lowest BCUT2D eigenvalue weighted by atomic mass is 10.0. The van der Waals surface area contributed by atoms with Gasteiger partial charge < -0.3 is 9.80 Å². The molecule has 0 spiro atoms. The molecule has 2 saturated heterocycles. The first-order chi connectivity index (χ1) is 8.08. The summed E-state index contributed by atoms with van der Waals surface area (Å²) < 4.78 is 0. The van der Waals surface area contributed by atoms with Gasteiger partial charge in [-0.2, -0.15) is 0 Å². The molecule has 2 aliphatic rings. The Balaban J connectivity index is 1.85. The number of likely N-dealkylation sites (N-methyl/N-ethyl adjacent to an activating group) is 1. The summed E-state index contributed by atoms with van der Waals surface area (Å²) in [5.41, 5.74) is 0. The Morgan fingerprint density at radius 1 is 1.47 bits per heavy atom. The Hall–Kier alpha value is -0.610. The molecule has 0 aromatic carbocycles. The quantitative estimate of drug-likeness (QED) is 0.791. The number of amides is 1. The Kier molecular flexibility index (Phi) is 4.05. The van der Waals surface area contributed by atoms with E-state index in [0.29, 0.717) is 17.9 Å². The zero-order valence-electron chi connectivity index (χ0n) is 11.3. The molecule has 2 aliphatic heterocycles. The van der Waals surface area contributed by atoms with E-state index in [0.717, 1.165) is 19.6 Å². The van der Waals surface area contributed by atoms with Crippen LogP contribution >= 0.6 is 0 Å². The molecule has 17 heavy (non-hydrogen) atoms. The van der Waals surface area contributed by atoms with Crippen molar-refractivity contribution < 1.29 is 4.79 Å². The summed E-state index contributed by atoms with van der Waals surface area (Å²) in [6.07, 6.45) is 3.46. The van der Waals surface area contributed by atoms with Gasteiger partial charge in [0.15, 0.2) is 0 Å². The number of rotatable bonds is 4. The molecule has 0 radical (unpaired) electrons. The van der Waals surface area contributed by atoms with Crippen LogP contribution in [0.15, 0.2) is 0 Å². The fraction of sp³-hybridized carbons (Fsp3) is 0.923. The van der Waals surface area contributed by atoms with E-state index in [1.165, 1.54) is 19.4 Å². The van der Waals surface area contributed by atoms with E-state index in [1.807, 2.05) is 4.90 Å². The zero-order valence-corrected chi connectivity index (χ0v) is 11.3. The van der Waals surface area contributed by atoms with E-state index in [9.17, 15) is 4.79 Å². The van der Waals surface area contributed by atoms with Crippen LogP contribution in [0.1, 0.15) is 33.1 Å². The third-order valence-corrected chi connectivity index (χ3v) is 3.95. The highest BCUT2D eigenvalue weighted by atomic mass is 16.2. The van der Waals surface area contributed by atoms with Gasteiger partial charge in [-0.05, 0) is 38.8 Å². The molecule has 2 fully saturated rings. The molecular formula is C13H25N3O. The van der Waals surface area contributed by atoms with Crippen molar-refractivity contribution in [3.63, 3.8) is 0 Å². The van der Waals surface area contributed by atoms with Gasteiger partial charge in [-0.1, -0.05) is 13.8 Å². The van der Waals surface area contributed by atoms with Crippen molar-refractivity contribution in [2.24, 2.45) is 5.92 Å². The predicted molar refractivity (Wildman–Crippen MR) is 68.6 cm³/mol. The number of carbonyl (C=O) groups excluding carboxylic acids is 1. The van der Waals surface area contributed by atoms with E-state index in [1.54, 1.807) is 0 Å². The van der Waals surface area contributed by atoms with E-state index in [4.69, 9.17) is 0 Å². The molecule has 0 aromatic heterocycles. The Bertz CT molecular complexity index is 280. The molecule has 2 rings (SSSR count). The van der Waals surface area contributed by atoms with Crippen LogP contribution in [-0.4, -0.2) is 54.6 Å². The highest BCUT2D eigenvalue weighted by Crippen LogP contribution is 2.19. The standard InChI is InChI=1S/C13H25N3O/c1-10(2)7-12-13(17)16(9-14-12)8-11-5-4-6-15(11)3/h10-12,14H,4-9H2,1-3H3. The molecule has 0 aliphatic carbocycles. The largest absolute Gasteiger partial charge is 0.327 e. The highest BCUT2D eigenvalue weighted by Gasteiger charge is 2.34. The van der Waals surface area contributed by atoms with E-state index in [2.05, 4.69) is 31.1 Å². The first-order valence-corrected chi connectivity index (χ1v) is 6.80. The van der Waals surface area contributed by atoms with E-state index in [-0.39, 0.29) is 6.04 Å². The van der Waals surface area contributed by atoms with Crippen LogP contribution < -0.4 is 5.32 Å². The number of carbonyl (C=O) groups is 1. The molecule has 4 nitrogen and oxygen atoms in total. The Labute approximate surface area is 104 Å². The van der Waals surface area contributed by atoms with Gasteiger partial charge >= 0.3 is 0 Å². The first-order valence-electron chi connectivity index (χ1n) is 6.80. The fourth-order valence-corrected chi connectivity index (χ4v) is 2.88. The molecule has 1 amide bonds. The van der Waals surface area contributed by atoms with E-state index < -0.39 is 0 Å². The van der Waals surface area contributed by atoms with Gasteiger partial charge in [0.05, 0.1) is 12.7 Å². The number of likely N-dealkylation sites (tertiary alicyclic amines) is 1. The third kappa shape index (κ3) is 2.99. The summed E-state index contributed by atoms with van der Waals surface area (Å²) >= 11 is 0. The van der Waals surface area contributed by atoms with Crippen LogP contribution in [0, 0.1) is 5.92 Å². The van der Waals surface area contributed by atoms with Crippen molar-refractivity contribution in [1.82, 2.24) is 15.1 Å². The maximum Gasteiger partial charge on any atom is 0.240 e. The maximum absolute atomic E-state index is 12.2. The fourth-order valence-electron chi connectivity index (χ4n) is 2.88. The molecular weight excluding hydrogens is 214 g/mol. The Morgan fingerprint density at radius 3 is 2.82 bits per heavy atom. The summed E-state index contributed by atoms with van der Waals surface area (Å²) in [7, 11) is 2.16. The zero-order chi connectivity index (χ0) is 12.4. The second-order valence-electron chi connectivity index (χ2n) is 5.88. The average molecular weight is 239 g/mol. The minimum Gasteiger partial charge on any atom is -0.327 e. The lowest BCUT2D eigenvalue weighted by Gasteiger charge is -2.25. The number of nitrogens with one attached hydrogen (secondary N) is 1. The van der Waals surface area contributed by atoms with Gasteiger partial charge in [-0.15, -0.1) is 0 Å². The smallest absolute Gasteiger partial charge is 0.240 e. The minimum atomic E-state index is 0.0571. The van der Waals surface area contributed by atoms with Gasteiger partial charge in [-0.25, -0.2) is 0 Å². The topological polar surface area (TPSA) is 35.6 Å². The molecule has 0 saturated carbocycles. The van der Waals surface area contributed by atoms with Crippen molar-refractivity contribution in [2.75, 3.05) is 26.8 Å². The van der Waals surface area contributed by atoms with Crippen LogP contribution in [0.4, 0.5) is 0 Å². The monoisotopic (exact) mass is 239 g/mol. The normalized spacial score (nSPS) is 30.8. The van der Waals surface area contributed by atoms with Crippen LogP contribution in [-0.2, 0) is 4.79 Å². The van der Waals surface area contributed by atoms with Gasteiger partial charge in [0.2, 0.25) is 5.91 Å². The van der Waals surface area contributed by atoms with Crippen molar-refractivity contribution in [3.8, 4) is 0 Å². The average Bonchev–Trinajstić information content (AvgIpc) is 2.79. The van der Waals surface area contributed by atoms with Crippen molar-refractivity contribution in [1.29, 1.82) is 0 Å². The van der Waals surface area contributed by atoms with Gasteiger partial charge in [0, 0.05) is 12.6 Å². The third-order valence-electron chi connectivity index (χ3n) is 3.95. The summed E-state index contributed by atoms with van der Waals surface area (Å²) in [5, 5.41) is 3.33. The van der Waals surface area contributed by atoms with Crippen LogP contribution in [0.3, 0.4) is 0 Å². The van der Waals surface area contributed by atoms with Crippen LogP contribution in [0.2, 0.25) is 0 Å².